The lowest BCUT2D eigenvalue weighted by Gasteiger charge is -2.20. The summed E-state index contributed by atoms with van der Waals surface area (Å²) in [5.41, 5.74) is 5.60. The molecule has 112 valence electrons. The van der Waals surface area contributed by atoms with E-state index in [1.807, 2.05) is 13.8 Å². The summed E-state index contributed by atoms with van der Waals surface area (Å²) in [7, 11) is 0. The van der Waals surface area contributed by atoms with Gasteiger partial charge in [-0.2, -0.15) is 13.2 Å². The molecule has 0 aromatic heterocycles. The van der Waals surface area contributed by atoms with Gasteiger partial charge in [0.05, 0.1) is 17.6 Å². The first-order chi connectivity index (χ1) is 9.12. The minimum atomic E-state index is -4.36. The first-order valence-electron chi connectivity index (χ1n) is 6.36. The van der Waals surface area contributed by atoms with Crippen LogP contribution < -0.4 is 11.1 Å². The SMILES string of the molecule is CC(NC(=O)[C@H](N)C(C)C)c1ccc(C(F)(F)F)cc1. The summed E-state index contributed by atoms with van der Waals surface area (Å²) >= 11 is 0. The molecule has 1 rings (SSSR count). The molecular formula is C14H19F3N2O. The second-order valence-electron chi connectivity index (χ2n) is 5.12. The molecule has 1 aromatic carbocycles. The maximum Gasteiger partial charge on any atom is 0.416 e. The minimum Gasteiger partial charge on any atom is -0.348 e. The van der Waals surface area contributed by atoms with Crippen molar-refractivity contribution in [1.82, 2.24) is 5.32 Å². The Hall–Kier alpha value is -1.56. The van der Waals surface area contributed by atoms with Crippen molar-refractivity contribution in [2.45, 2.75) is 39.0 Å². The predicted octanol–water partition coefficient (Wildman–Crippen LogP) is 2.87. The maximum atomic E-state index is 12.4. The van der Waals surface area contributed by atoms with Gasteiger partial charge in [0.25, 0.3) is 0 Å². The van der Waals surface area contributed by atoms with Gasteiger partial charge >= 0.3 is 6.18 Å². The first kappa shape index (κ1) is 16.5. The molecule has 0 saturated carbocycles. The second-order valence-corrected chi connectivity index (χ2v) is 5.12. The summed E-state index contributed by atoms with van der Waals surface area (Å²) in [5, 5.41) is 2.69. The highest BCUT2D eigenvalue weighted by Gasteiger charge is 2.30. The van der Waals surface area contributed by atoms with E-state index in [0.29, 0.717) is 5.56 Å². The molecule has 20 heavy (non-hydrogen) atoms. The zero-order valence-corrected chi connectivity index (χ0v) is 11.7. The van der Waals surface area contributed by atoms with E-state index in [1.54, 1.807) is 6.92 Å². The summed E-state index contributed by atoms with van der Waals surface area (Å²) in [6.45, 7) is 5.35. The van der Waals surface area contributed by atoms with Crippen molar-refractivity contribution in [3.63, 3.8) is 0 Å². The molecule has 0 radical (unpaired) electrons. The quantitative estimate of drug-likeness (QED) is 0.895. The van der Waals surface area contributed by atoms with E-state index >= 15 is 0 Å². The van der Waals surface area contributed by atoms with Crippen molar-refractivity contribution >= 4 is 5.91 Å². The van der Waals surface area contributed by atoms with Crippen molar-refractivity contribution in [2.75, 3.05) is 0 Å². The Kier molecular flexibility index (Phi) is 5.16. The number of hydrogen-bond donors (Lipinski definition) is 2. The molecule has 0 aliphatic rings. The van der Waals surface area contributed by atoms with Crippen LogP contribution in [0.5, 0.6) is 0 Å². The second kappa shape index (κ2) is 6.26. The number of carbonyl (C=O) groups excluding carboxylic acids is 1. The van der Waals surface area contributed by atoms with E-state index in [1.165, 1.54) is 12.1 Å². The number of halogens is 3. The van der Waals surface area contributed by atoms with E-state index in [0.717, 1.165) is 12.1 Å². The molecule has 0 saturated heterocycles. The number of nitrogens with one attached hydrogen (secondary N) is 1. The Morgan fingerprint density at radius 1 is 1.15 bits per heavy atom. The lowest BCUT2D eigenvalue weighted by Crippen LogP contribution is -2.44. The molecule has 0 fully saturated rings. The van der Waals surface area contributed by atoms with Gasteiger partial charge in [-0.25, -0.2) is 0 Å². The first-order valence-corrected chi connectivity index (χ1v) is 6.36. The van der Waals surface area contributed by atoms with Crippen molar-refractivity contribution in [1.29, 1.82) is 0 Å². The zero-order chi connectivity index (χ0) is 15.5. The number of nitrogens with two attached hydrogens (primary N) is 1. The smallest absolute Gasteiger partial charge is 0.348 e. The molecule has 0 heterocycles. The molecule has 6 heteroatoms. The van der Waals surface area contributed by atoms with Crippen LogP contribution in [0.1, 0.15) is 37.9 Å². The number of benzene rings is 1. The third-order valence-electron chi connectivity index (χ3n) is 3.12. The molecule has 3 N–H and O–H groups in total. The van der Waals surface area contributed by atoms with Crippen molar-refractivity contribution in [3.05, 3.63) is 35.4 Å². The molecule has 1 unspecified atom stereocenters. The van der Waals surface area contributed by atoms with Crippen LogP contribution in [0.2, 0.25) is 0 Å². The Balaban J connectivity index is 2.74. The van der Waals surface area contributed by atoms with Gasteiger partial charge in [0.2, 0.25) is 5.91 Å². The van der Waals surface area contributed by atoms with Gasteiger partial charge in [-0.3, -0.25) is 4.79 Å². The predicted molar refractivity (Wildman–Crippen MR) is 70.8 cm³/mol. The van der Waals surface area contributed by atoms with Gasteiger partial charge in [-0.1, -0.05) is 26.0 Å². The highest BCUT2D eigenvalue weighted by atomic mass is 19.4. The van der Waals surface area contributed by atoms with Gasteiger partial charge in [-0.15, -0.1) is 0 Å². The van der Waals surface area contributed by atoms with Crippen LogP contribution in [0.15, 0.2) is 24.3 Å². The summed E-state index contributed by atoms with van der Waals surface area (Å²) < 4.78 is 37.3. The fourth-order valence-electron chi connectivity index (χ4n) is 1.66. The lowest BCUT2D eigenvalue weighted by molar-refractivity contribution is -0.137. The Morgan fingerprint density at radius 3 is 2.05 bits per heavy atom. The van der Waals surface area contributed by atoms with Crippen LogP contribution in [-0.4, -0.2) is 11.9 Å². The third-order valence-corrected chi connectivity index (χ3v) is 3.12. The Morgan fingerprint density at radius 2 is 1.65 bits per heavy atom. The molecule has 0 aliphatic heterocycles. The standard InChI is InChI=1S/C14H19F3N2O/c1-8(2)12(18)13(20)19-9(3)10-4-6-11(7-5-10)14(15,16)17/h4-9,12H,18H2,1-3H3,(H,19,20)/t9?,12-/m1/s1. The van der Waals surface area contributed by atoms with Gasteiger partial charge in [0.15, 0.2) is 0 Å². The highest BCUT2D eigenvalue weighted by molar-refractivity contribution is 5.82. The highest BCUT2D eigenvalue weighted by Crippen LogP contribution is 2.29. The summed E-state index contributed by atoms with van der Waals surface area (Å²) in [6.07, 6.45) is -4.36. The molecule has 2 atom stereocenters. The van der Waals surface area contributed by atoms with E-state index < -0.39 is 23.8 Å². The third kappa shape index (κ3) is 4.23. The Labute approximate surface area is 116 Å². The number of alkyl halides is 3. The van der Waals surface area contributed by atoms with Crippen LogP contribution in [0.4, 0.5) is 13.2 Å². The Bertz CT molecular complexity index is 454. The average molecular weight is 288 g/mol. The maximum absolute atomic E-state index is 12.4. The monoisotopic (exact) mass is 288 g/mol. The van der Waals surface area contributed by atoms with Gasteiger partial charge in [0.1, 0.15) is 0 Å². The molecule has 3 nitrogen and oxygen atoms in total. The number of hydrogen-bond acceptors (Lipinski definition) is 2. The normalized spacial score (nSPS) is 15.0. The van der Waals surface area contributed by atoms with Crippen LogP contribution in [0.25, 0.3) is 0 Å². The van der Waals surface area contributed by atoms with E-state index in [4.69, 9.17) is 5.73 Å². The van der Waals surface area contributed by atoms with Crippen LogP contribution in [-0.2, 0) is 11.0 Å². The topological polar surface area (TPSA) is 55.1 Å². The number of carbonyl (C=O) groups is 1. The fraction of sp³-hybridized carbons (Fsp3) is 0.500. The fourth-order valence-corrected chi connectivity index (χ4v) is 1.66. The van der Waals surface area contributed by atoms with Gasteiger partial charge in [0, 0.05) is 0 Å². The number of amides is 1. The molecule has 0 spiro atoms. The van der Waals surface area contributed by atoms with Crippen molar-refractivity contribution in [2.24, 2.45) is 11.7 Å². The van der Waals surface area contributed by atoms with Crippen molar-refractivity contribution in [3.8, 4) is 0 Å². The summed E-state index contributed by atoms with van der Waals surface area (Å²) in [6, 6.07) is 3.69. The van der Waals surface area contributed by atoms with E-state index in [-0.39, 0.29) is 11.8 Å². The lowest BCUT2D eigenvalue weighted by atomic mass is 10.0. The zero-order valence-electron chi connectivity index (χ0n) is 11.7. The minimum absolute atomic E-state index is 0.00481. The molecule has 0 bridgehead atoms. The van der Waals surface area contributed by atoms with Crippen LogP contribution in [0, 0.1) is 5.92 Å². The summed E-state index contributed by atoms with van der Waals surface area (Å²) in [5.74, 6) is -0.317. The number of rotatable bonds is 4. The summed E-state index contributed by atoms with van der Waals surface area (Å²) in [4.78, 5) is 11.8. The van der Waals surface area contributed by atoms with Crippen LogP contribution in [0.3, 0.4) is 0 Å². The largest absolute Gasteiger partial charge is 0.416 e. The van der Waals surface area contributed by atoms with Gasteiger partial charge in [-0.05, 0) is 30.5 Å². The molecular weight excluding hydrogens is 269 g/mol. The van der Waals surface area contributed by atoms with E-state index in [2.05, 4.69) is 5.32 Å². The average Bonchev–Trinajstić information content (AvgIpc) is 2.36. The van der Waals surface area contributed by atoms with Gasteiger partial charge < -0.3 is 11.1 Å². The molecule has 1 amide bonds. The molecule has 1 aromatic rings. The molecule has 0 aliphatic carbocycles. The van der Waals surface area contributed by atoms with Crippen LogP contribution >= 0.6 is 0 Å². The van der Waals surface area contributed by atoms with E-state index in [9.17, 15) is 18.0 Å². The van der Waals surface area contributed by atoms with Crippen molar-refractivity contribution < 1.29 is 18.0 Å².